The van der Waals surface area contributed by atoms with E-state index in [2.05, 4.69) is 21.2 Å². The highest BCUT2D eigenvalue weighted by molar-refractivity contribution is 9.09. The van der Waals surface area contributed by atoms with E-state index in [4.69, 9.17) is 0 Å². The molecule has 78 valence electrons. The molecule has 1 amide bonds. The van der Waals surface area contributed by atoms with Gasteiger partial charge in [0.1, 0.15) is 0 Å². The lowest BCUT2D eigenvalue weighted by molar-refractivity contribution is -0.116. The molecule has 0 saturated carbocycles. The maximum Gasteiger partial charge on any atom is 0.231 e. The summed E-state index contributed by atoms with van der Waals surface area (Å²) in [6, 6.07) is 5.43. The zero-order chi connectivity index (χ0) is 11.0. The fourth-order valence-corrected chi connectivity index (χ4v) is 2.05. The number of nitrogens with one attached hydrogen (secondary N) is 1. The maximum atomic E-state index is 11.6. The second-order valence-electron chi connectivity index (χ2n) is 3.54. The number of halogens is 1. The maximum absolute atomic E-state index is 11.6. The summed E-state index contributed by atoms with van der Waals surface area (Å²) in [7, 11) is 0. The van der Waals surface area contributed by atoms with Crippen LogP contribution < -0.4 is 5.32 Å². The number of alkyl halides is 1. The number of rotatable bonds is 2. The second kappa shape index (κ2) is 3.77. The van der Waals surface area contributed by atoms with E-state index < -0.39 is 0 Å². The molecule has 4 heteroatoms. The van der Waals surface area contributed by atoms with Crippen LogP contribution in [0.15, 0.2) is 18.2 Å². The molecule has 0 aliphatic carbocycles. The Labute approximate surface area is 96.0 Å². The fourth-order valence-electron chi connectivity index (χ4n) is 1.75. The summed E-state index contributed by atoms with van der Waals surface area (Å²) in [6.45, 7) is 1.84. The first-order valence-corrected chi connectivity index (χ1v) is 5.80. The lowest BCUT2D eigenvalue weighted by atomic mass is 9.99. The van der Waals surface area contributed by atoms with E-state index in [0.717, 1.165) is 5.56 Å². The molecule has 1 aromatic rings. The SMILES string of the molecule is CC1C(=O)Nc2c(C(=O)CBr)cccc21. The van der Waals surface area contributed by atoms with Gasteiger partial charge < -0.3 is 5.32 Å². The van der Waals surface area contributed by atoms with Crippen LogP contribution in [0.5, 0.6) is 0 Å². The topological polar surface area (TPSA) is 46.2 Å². The van der Waals surface area contributed by atoms with Gasteiger partial charge in [0.2, 0.25) is 5.91 Å². The minimum absolute atomic E-state index is 0.0127. The van der Waals surface area contributed by atoms with Gasteiger partial charge in [0.05, 0.1) is 16.9 Å². The van der Waals surface area contributed by atoms with Crippen molar-refractivity contribution in [2.24, 2.45) is 0 Å². The Morgan fingerprint density at radius 3 is 2.93 bits per heavy atom. The molecular formula is C11H10BrNO2. The molecule has 0 fully saturated rings. The zero-order valence-electron chi connectivity index (χ0n) is 8.21. The monoisotopic (exact) mass is 267 g/mol. The summed E-state index contributed by atoms with van der Waals surface area (Å²) in [5, 5.41) is 3.02. The fraction of sp³-hybridized carbons (Fsp3) is 0.273. The Bertz CT molecular complexity index is 442. The molecule has 1 N–H and O–H groups in total. The van der Waals surface area contributed by atoms with Crippen molar-refractivity contribution in [3.05, 3.63) is 29.3 Å². The van der Waals surface area contributed by atoms with Crippen molar-refractivity contribution in [3.63, 3.8) is 0 Å². The number of fused-ring (bicyclic) bond motifs is 1. The molecule has 0 saturated heterocycles. The number of para-hydroxylation sites is 1. The Morgan fingerprint density at radius 1 is 1.53 bits per heavy atom. The predicted molar refractivity (Wildman–Crippen MR) is 61.6 cm³/mol. The largest absolute Gasteiger partial charge is 0.325 e. The molecule has 0 spiro atoms. The molecule has 1 heterocycles. The molecule has 1 aromatic carbocycles. The third-order valence-electron chi connectivity index (χ3n) is 2.63. The summed E-state index contributed by atoms with van der Waals surface area (Å²) >= 11 is 3.13. The van der Waals surface area contributed by atoms with Crippen LogP contribution >= 0.6 is 15.9 Å². The molecule has 2 rings (SSSR count). The van der Waals surface area contributed by atoms with Gasteiger partial charge in [-0.05, 0) is 18.6 Å². The number of carbonyl (C=O) groups is 2. The average molecular weight is 268 g/mol. The van der Waals surface area contributed by atoms with E-state index in [-0.39, 0.29) is 22.9 Å². The number of anilines is 1. The van der Waals surface area contributed by atoms with Crippen molar-refractivity contribution in [3.8, 4) is 0 Å². The number of carbonyl (C=O) groups excluding carboxylic acids is 2. The molecule has 1 aliphatic rings. The van der Waals surface area contributed by atoms with Crippen molar-refractivity contribution in [2.45, 2.75) is 12.8 Å². The quantitative estimate of drug-likeness (QED) is 0.661. The van der Waals surface area contributed by atoms with Crippen LogP contribution in [0.4, 0.5) is 5.69 Å². The van der Waals surface area contributed by atoms with Crippen molar-refractivity contribution in [2.75, 3.05) is 10.6 Å². The lowest BCUT2D eigenvalue weighted by Gasteiger charge is -2.05. The lowest BCUT2D eigenvalue weighted by Crippen LogP contribution is -2.10. The molecule has 15 heavy (non-hydrogen) atoms. The standard InChI is InChI=1S/C11H10BrNO2/c1-6-7-3-2-4-8(9(14)5-12)10(7)13-11(6)15/h2-4,6H,5H2,1H3,(H,13,15). The van der Waals surface area contributed by atoms with Gasteiger partial charge in [0.25, 0.3) is 0 Å². The van der Waals surface area contributed by atoms with Crippen molar-refractivity contribution >= 4 is 33.3 Å². The first-order valence-electron chi connectivity index (χ1n) is 4.68. The smallest absolute Gasteiger partial charge is 0.231 e. The summed E-state index contributed by atoms with van der Waals surface area (Å²) in [5.41, 5.74) is 2.17. The minimum atomic E-state index is -0.164. The van der Waals surface area contributed by atoms with Gasteiger partial charge in [0.15, 0.2) is 5.78 Å². The molecule has 0 aromatic heterocycles. The Hall–Kier alpha value is -1.16. The first-order chi connectivity index (χ1) is 7.15. The minimum Gasteiger partial charge on any atom is -0.325 e. The first kappa shape index (κ1) is 10.4. The predicted octanol–water partition coefficient (Wildman–Crippen LogP) is 2.32. The summed E-state index contributed by atoms with van der Waals surface area (Å²) in [6.07, 6.45) is 0. The van der Waals surface area contributed by atoms with Crippen molar-refractivity contribution in [1.82, 2.24) is 0 Å². The van der Waals surface area contributed by atoms with Crippen LogP contribution in [0.2, 0.25) is 0 Å². The third-order valence-corrected chi connectivity index (χ3v) is 3.14. The highest BCUT2D eigenvalue weighted by Crippen LogP contribution is 2.34. The number of Topliss-reactive ketones (excluding diaryl/α,β-unsaturated/α-hetero) is 1. The van der Waals surface area contributed by atoms with Gasteiger partial charge in [-0.25, -0.2) is 0 Å². The number of benzene rings is 1. The van der Waals surface area contributed by atoms with Crippen molar-refractivity contribution < 1.29 is 9.59 Å². The molecule has 0 bridgehead atoms. The highest BCUT2D eigenvalue weighted by atomic mass is 79.9. The third kappa shape index (κ3) is 1.59. The summed E-state index contributed by atoms with van der Waals surface area (Å²) in [4.78, 5) is 23.0. The highest BCUT2D eigenvalue weighted by Gasteiger charge is 2.29. The van der Waals surface area contributed by atoms with E-state index in [1.165, 1.54) is 0 Å². The van der Waals surface area contributed by atoms with E-state index in [9.17, 15) is 9.59 Å². The molecule has 3 nitrogen and oxygen atoms in total. The van der Waals surface area contributed by atoms with Gasteiger partial charge >= 0.3 is 0 Å². The Balaban J connectivity index is 2.54. The van der Waals surface area contributed by atoms with Gasteiger partial charge in [-0.1, -0.05) is 28.1 Å². The molecular weight excluding hydrogens is 258 g/mol. The summed E-state index contributed by atoms with van der Waals surface area (Å²) in [5.74, 6) is -0.218. The number of hydrogen-bond acceptors (Lipinski definition) is 2. The normalized spacial score (nSPS) is 18.5. The second-order valence-corrected chi connectivity index (χ2v) is 4.10. The van der Waals surface area contributed by atoms with Crippen LogP contribution in [0.1, 0.15) is 28.8 Å². The zero-order valence-corrected chi connectivity index (χ0v) is 9.80. The van der Waals surface area contributed by atoms with Crippen LogP contribution in [0.25, 0.3) is 0 Å². The van der Waals surface area contributed by atoms with Crippen LogP contribution in [0.3, 0.4) is 0 Å². The number of hydrogen-bond donors (Lipinski definition) is 1. The van der Waals surface area contributed by atoms with E-state index >= 15 is 0 Å². The van der Waals surface area contributed by atoms with Gasteiger partial charge in [0, 0.05) is 5.56 Å². The van der Waals surface area contributed by atoms with Crippen LogP contribution in [-0.2, 0) is 4.79 Å². The van der Waals surface area contributed by atoms with Gasteiger partial charge in [-0.2, -0.15) is 0 Å². The van der Waals surface area contributed by atoms with Crippen LogP contribution in [0, 0.1) is 0 Å². The Kier molecular flexibility index (Phi) is 2.61. The molecule has 0 radical (unpaired) electrons. The van der Waals surface area contributed by atoms with Gasteiger partial charge in [-0.15, -0.1) is 0 Å². The molecule has 1 aliphatic heterocycles. The summed E-state index contributed by atoms with van der Waals surface area (Å²) < 4.78 is 0. The van der Waals surface area contributed by atoms with Crippen molar-refractivity contribution in [1.29, 1.82) is 0 Å². The number of amides is 1. The Morgan fingerprint density at radius 2 is 2.27 bits per heavy atom. The van der Waals surface area contributed by atoms with E-state index in [0.29, 0.717) is 11.3 Å². The molecule has 1 unspecified atom stereocenters. The average Bonchev–Trinajstić information content (AvgIpc) is 2.54. The number of ketones is 1. The molecule has 1 atom stereocenters. The van der Waals surface area contributed by atoms with Crippen LogP contribution in [-0.4, -0.2) is 17.0 Å². The van der Waals surface area contributed by atoms with E-state index in [1.54, 1.807) is 6.07 Å². The van der Waals surface area contributed by atoms with E-state index in [1.807, 2.05) is 19.1 Å². The van der Waals surface area contributed by atoms with Gasteiger partial charge in [-0.3, -0.25) is 9.59 Å².